The maximum absolute atomic E-state index is 11.1. The van der Waals surface area contributed by atoms with E-state index in [1.165, 1.54) is 7.11 Å². The fourth-order valence-corrected chi connectivity index (χ4v) is 3.06. The summed E-state index contributed by atoms with van der Waals surface area (Å²) in [7, 11) is 12.9. The molecule has 13 heavy (non-hydrogen) atoms. The van der Waals surface area contributed by atoms with Gasteiger partial charge in [-0.05, 0) is 0 Å². The second-order valence-corrected chi connectivity index (χ2v) is 9.38. The van der Waals surface area contributed by atoms with Gasteiger partial charge in [-0.15, -0.1) is 0 Å². The minimum atomic E-state index is -2.03. The van der Waals surface area contributed by atoms with E-state index in [1.807, 2.05) is 6.07 Å². The van der Waals surface area contributed by atoms with Gasteiger partial charge >= 0.3 is 91.4 Å². The molecule has 1 aromatic carbocycles. The molecular weight excluding hydrogens is 326 g/mol. The first kappa shape index (κ1) is 11.1. The minimum absolute atomic E-state index is 0.368. The standard InChI is InChI=1S/C8H7Cl2IO2/c1-13-8(12)6-3-2-4-7(5-6)11(9)10/h2-5H,1H3. The molecule has 0 atom stereocenters. The van der Waals surface area contributed by atoms with Crippen LogP contribution in [0.2, 0.25) is 0 Å². The second-order valence-electron chi connectivity index (χ2n) is 2.20. The summed E-state index contributed by atoms with van der Waals surface area (Å²) in [5, 5.41) is 0. The molecule has 0 saturated heterocycles. The Bertz CT molecular complexity index is 315. The summed E-state index contributed by atoms with van der Waals surface area (Å²) in [6.45, 7) is 0. The predicted octanol–water partition coefficient (Wildman–Crippen LogP) is 3.46. The van der Waals surface area contributed by atoms with E-state index < -0.39 is 17.6 Å². The van der Waals surface area contributed by atoms with Crippen LogP contribution in [0, 0.1) is 3.57 Å². The fraction of sp³-hybridized carbons (Fsp3) is 0.125. The zero-order valence-corrected chi connectivity index (χ0v) is 10.4. The molecule has 1 rings (SSSR count). The van der Waals surface area contributed by atoms with E-state index in [4.69, 9.17) is 17.8 Å². The van der Waals surface area contributed by atoms with Crippen LogP contribution in [0.15, 0.2) is 24.3 Å². The van der Waals surface area contributed by atoms with Gasteiger partial charge in [0.15, 0.2) is 0 Å². The van der Waals surface area contributed by atoms with E-state index in [9.17, 15) is 4.79 Å². The third-order valence-corrected chi connectivity index (χ3v) is 5.24. The van der Waals surface area contributed by atoms with Gasteiger partial charge in [-0.2, -0.15) is 0 Å². The summed E-state index contributed by atoms with van der Waals surface area (Å²) < 4.78 is 5.41. The summed E-state index contributed by atoms with van der Waals surface area (Å²) in [4.78, 5) is 11.1. The van der Waals surface area contributed by atoms with E-state index in [0.29, 0.717) is 5.56 Å². The Morgan fingerprint density at radius 1 is 1.46 bits per heavy atom. The number of halogens is 3. The van der Waals surface area contributed by atoms with Crippen molar-refractivity contribution in [2.24, 2.45) is 0 Å². The van der Waals surface area contributed by atoms with Gasteiger partial charge in [-0.3, -0.25) is 0 Å². The Labute approximate surface area is 91.0 Å². The molecule has 0 aliphatic heterocycles. The molecule has 1 aromatic rings. The number of hydrogen-bond donors (Lipinski definition) is 0. The monoisotopic (exact) mass is 332 g/mol. The normalized spacial score (nSPS) is 10.8. The topological polar surface area (TPSA) is 26.3 Å². The average Bonchev–Trinajstić information content (AvgIpc) is 2.17. The number of carbonyl (C=O) groups is 1. The molecule has 0 aliphatic rings. The molecule has 0 unspecified atom stereocenters. The Balaban J connectivity index is 2.98. The van der Waals surface area contributed by atoms with Crippen LogP contribution in [0.5, 0.6) is 0 Å². The van der Waals surface area contributed by atoms with Crippen molar-refractivity contribution >= 4 is 41.3 Å². The van der Waals surface area contributed by atoms with Gasteiger partial charge in [0.05, 0.1) is 0 Å². The third kappa shape index (κ3) is 3.00. The van der Waals surface area contributed by atoms with Crippen molar-refractivity contribution in [2.75, 3.05) is 7.11 Å². The van der Waals surface area contributed by atoms with Crippen molar-refractivity contribution in [3.05, 3.63) is 33.4 Å². The molecule has 0 amide bonds. The number of ether oxygens (including phenoxy) is 1. The first-order valence-corrected chi connectivity index (χ1v) is 9.91. The predicted molar refractivity (Wildman–Crippen MR) is 62.2 cm³/mol. The number of rotatable bonds is 2. The number of carbonyl (C=O) groups excluding carboxylic acids is 1. The van der Waals surface area contributed by atoms with Gasteiger partial charge in [0.2, 0.25) is 0 Å². The number of esters is 1. The molecular formula is C8H7Cl2IO2. The molecule has 0 saturated carbocycles. The Morgan fingerprint density at radius 3 is 2.69 bits per heavy atom. The van der Waals surface area contributed by atoms with E-state index in [1.54, 1.807) is 18.2 Å². The Kier molecular flexibility index (Phi) is 4.28. The maximum atomic E-state index is 11.1. The van der Waals surface area contributed by atoms with Crippen LogP contribution in [-0.2, 0) is 4.74 Å². The Hall–Kier alpha value is -0.000000000000000222. The summed E-state index contributed by atoms with van der Waals surface area (Å²) in [5.41, 5.74) is 0.489. The van der Waals surface area contributed by atoms with Crippen LogP contribution in [-0.4, -0.2) is 13.1 Å². The van der Waals surface area contributed by atoms with E-state index in [0.717, 1.165) is 3.57 Å². The van der Waals surface area contributed by atoms with Crippen molar-refractivity contribution in [3.63, 3.8) is 0 Å². The second kappa shape index (κ2) is 5.02. The average molecular weight is 333 g/mol. The van der Waals surface area contributed by atoms with Crippen LogP contribution in [0.25, 0.3) is 0 Å². The zero-order chi connectivity index (χ0) is 9.84. The fourth-order valence-electron chi connectivity index (χ4n) is 0.822. The SMILES string of the molecule is COC(=O)c1cccc(I(Cl)Cl)c1. The van der Waals surface area contributed by atoms with Crippen LogP contribution in [0.1, 0.15) is 10.4 Å². The molecule has 0 heterocycles. The summed E-state index contributed by atoms with van der Waals surface area (Å²) in [6.07, 6.45) is 0. The first-order chi connectivity index (χ1) is 6.15. The van der Waals surface area contributed by atoms with Crippen LogP contribution >= 0.6 is 35.4 Å². The quantitative estimate of drug-likeness (QED) is 0.612. The van der Waals surface area contributed by atoms with Crippen molar-refractivity contribution in [1.29, 1.82) is 0 Å². The van der Waals surface area contributed by atoms with Gasteiger partial charge in [-0.25, -0.2) is 0 Å². The third-order valence-electron chi connectivity index (χ3n) is 1.41. The van der Waals surface area contributed by atoms with Crippen molar-refractivity contribution in [2.45, 2.75) is 0 Å². The molecule has 0 N–H and O–H groups in total. The van der Waals surface area contributed by atoms with Crippen LogP contribution in [0.4, 0.5) is 0 Å². The molecule has 0 aliphatic carbocycles. The Morgan fingerprint density at radius 2 is 2.15 bits per heavy atom. The van der Waals surface area contributed by atoms with Gasteiger partial charge in [0, 0.05) is 0 Å². The zero-order valence-electron chi connectivity index (χ0n) is 6.76. The molecule has 0 bridgehead atoms. The number of hydrogen-bond acceptors (Lipinski definition) is 2. The van der Waals surface area contributed by atoms with E-state index in [2.05, 4.69) is 4.74 Å². The van der Waals surface area contributed by atoms with E-state index >= 15 is 0 Å². The molecule has 0 radical (unpaired) electrons. The van der Waals surface area contributed by atoms with Crippen molar-refractivity contribution in [1.82, 2.24) is 0 Å². The first-order valence-electron chi connectivity index (χ1n) is 3.36. The molecule has 2 nitrogen and oxygen atoms in total. The summed E-state index contributed by atoms with van der Waals surface area (Å²) in [5.74, 6) is -0.368. The van der Waals surface area contributed by atoms with Crippen LogP contribution in [0.3, 0.4) is 0 Å². The van der Waals surface area contributed by atoms with Crippen LogP contribution < -0.4 is 0 Å². The van der Waals surface area contributed by atoms with Gasteiger partial charge in [-0.1, -0.05) is 0 Å². The van der Waals surface area contributed by atoms with Gasteiger partial charge < -0.3 is 0 Å². The number of methoxy groups -OCH3 is 1. The van der Waals surface area contributed by atoms with Gasteiger partial charge in [0.25, 0.3) is 0 Å². The molecule has 0 spiro atoms. The number of benzene rings is 1. The summed E-state index contributed by atoms with van der Waals surface area (Å²) >= 11 is -2.03. The van der Waals surface area contributed by atoms with E-state index in [-0.39, 0.29) is 5.97 Å². The van der Waals surface area contributed by atoms with Crippen molar-refractivity contribution < 1.29 is 9.53 Å². The van der Waals surface area contributed by atoms with Gasteiger partial charge in [0.1, 0.15) is 0 Å². The molecule has 0 fully saturated rings. The van der Waals surface area contributed by atoms with Crippen molar-refractivity contribution in [3.8, 4) is 0 Å². The molecule has 5 heteroatoms. The molecule has 0 aromatic heterocycles. The molecule has 72 valence electrons. The summed E-state index contributed by atoms with van der Waals surface area (Å²) in [6, 6.07) is 6.91.